The molecule has 8 nitrogen and oxygen atoms in total. The summed E-state index contributed by atoms with van der Waals surface area (Å²) in [6.45, 7) is 5.48. The highest BCUT2D eigenvalue weighted by atomic mass is 19.4. The Bertz CT molecular complexity index is 1380. The lowest BCUT2D eigenvalue weighted by Crippen LogP contribution is -2.41. The van der Waals surface area contributed by atoms with Gasteiger partial charge in [-0.15, -0.1) is 0 Å². The summed E-state index contributed by atoms with van der Waals surface area (Å²) in [6.07, 6.45) is 2.98. The van der Waals surface area contributed by atoms with E-state index >= 15 is 0 Å². The first-order valence-corrected chi connectivity index (χ1v) is 14.2. The topological polar surface area (TPSA) is 128 Å². The Morgan fingerprint density at radius 2 is 1.55 bits per heavy atom. The molecule has 6 rings (SSSR count). The summed E-state index contributed by atoms with van der Waals surface area (Å²) in [6, 6.07) is 7.78. The molecule has 1 amide bonds. The maximum atomic E-state index is 12.7. The van der Waals surface area contributed by atoms with E-state index in [0.29, 0.717) is 6.42 Å². The summed E-state index contributed by atoms with van der Waals surface area (Å²) in [5, 5.41) is 27.3. The van der Waals surface area contributed by atoms with Crippen LogP contribution in [0.2, 0.25) is 0 Å². The van der Waals surface area contributed by atoms with Gasteiger partial charge in [0.2, 0.25) is 5.91 Å². The van der Waals surface area contributed by atoms with Crippen LogP contribution in [0.5, 0.6) is 0 Å². The maximum Gasteiger partial charge on any atom is 0.416 e. The standard InChI is InChI=1S/C15H18N2O3.C14H12F3NO2.C2H6/c1-8(18)16-9-5-6-13-12(7-9)10-3-2-4-11(10)14(17-13)15(19)20;15-14(16,17)7-4-5-9-8-2-1-3-10(8)12(13(19)20)18-11(9)6-7;1-2/h5-7,10-11,14,17H,2-4H2,1H3,(H,16,18)(H,19,20);1-2,4-6,8,10,12,18H,3H2,(H,19,20);1-2H3. The number of hydrogen-bond donors (Lipinski definition) is 5. The largest absolute Gasteiger partial charge is 0.480 e. The van der Waals surface area contributed by atoms with E-state index in [4.69, 9.17) is 0 Å². The summed E-state index contributed by atoms with van der Waals surface area (Å²) in [7, 11) is 0. The van der Waals surface area contributed by atoms with E-state index in [9.17, 15) is 37.8 Å². The van der Waals surface area contributed by atoms with E-state index in [2.05, 4.69) is 16.0 Å². The summed E-state index contributed by atoms with van der Waals surface area (Å²) in [5.74, 6) is -1.76. The third kappa shape index (κ3) is 6.24. The molecular formula is C31H36F3N3O5. The van der Waals surface area contributed by atoms with E-state index in [-0.39, 0.29) is 35.3 Å². The fourth-order valence-electron chi connectivity index (χ4n) is 6.59. The average Bonchev–Trinajstić information content (AvgIpc) is 3.63. The van der Waals surface area contributed by atoms with Crippen molar-refractivity contribution in [1.82, 2.24) is 0 Å². The molecule has 11 heteroatoms. The van der Waals surface area contributed by atoms with Crippen molar-refractivity contribution in [1.29, 1.82) is 0 Å². The van der Waals surface area contributed by atoms with Gasteiger partial charge in [0.1, 0.15) is 12.1 Å². The van der Waals surface area contributed by atoms with Crippen LogP contribution in [-0.4, -0.2) is 40.1 Å². The number of carbonyl (C=O) groups is 3. The highest BCUT2D eigenvalue weighted by molar-refractivity contribution is 5.89. The van der Waals surface area contributed by atoms with Gasteiger partial charge < -0.3 is 26.2 Å². The van der Waals surface area contributed by atoms with E-state index in [1.807, 2.05) is 38.1 Å². The first-order chi connectivity index (χ1) is 19.9. The van der Waals surface area contributed by atoms with Crippen molar-refractivity contribution >= 4 is 34.9 Å². The van der Waals surface area contributed by atoms with Crippen molar-refractivity contribution in [2.75, 3.05) is 16.0 Å². The van der Waals surface area contributed by atoms with Gasteiger partial charge in [0.25, 0.3) is 0 Å². The summed E-state index contributed by atoms with van der Waals surface area (Å²) in [5.41, 5.74) is 3.02. The Morgan fingerprint density at radius 1 is 0.881 bits per heavy atom. The van der Waals surface area contributed by atoms with Gasteiger partial charge in [0, 0.05) is 35.8 Å². The average molecular weight is 588 g/mol. The molecule has 2 aromatic carbocycles. The van der Waals surface area contributed by atoms with E-state index in [0.717, 1.165) is 53.9 Å². The van der Waals surface area contributed by atoms with Crippen LogP contribution in [0.25, 0.3) is 0 Å². The lowest BCUT2D eigenvalue weighted by Gasteiger charge is -2.35. The van der Waals surface area contributed by atoms with Crippen LogP contribution < -0.4 is 16.0 Å². The van der Waals surface area contributed by atoms with Crippen LogP contribution in [0.15, 0.2) is 48.6 Å². The highest BCUT2D eigenvalue weighted by Crippen LogP contribution is 2.49. The molecule has 0 radical (unpaired) electrons. The molecular weight excluding hydrogens is 551 g/mol. The van der Waals surface area contributed by atoms with E-state index in [1.54, 1.807) is 6.07 Å². The summed E-state index contributed by atoms with van der Waals surface area (Å²) >= 11 is 0. The zero-order valence-corrected chi connectivity index (χ0v) is 23.7. The number of anilines is 3. The zero-order chi connectivity index (χ0) is 30.8. The number of carboxylic acid groups (broad SMARTS) is 2. The van der Waals surface area contributed by atoms with Gasteiger partial charge in [0.15, 0.2) is 0 Å². The monoisotopic (exact) mass is 587 g/mol. The molecule has 2 aromatic rings. The van der Waals surface area contributed by atoms with Gasteiger partial charge in [-0.2, -0.15) is 13.2 Å². The molecule has 2 aliphatic heterocycles. The Hall–Kier alpha value is -4.02. The third-order valence-electron chi connectivity index (χ3n) is 8.30. The fraction of sp³-hybridized carbons (Fsp3) is 0.452. The van der Waals surface area contributed by atoms with Crippen LogP contribution in [0.4, 0.5) is 30.2 Å². The number of carbonyl (C=O) groups excluding carboxylic acids is 1. The van der Waals surface area contributed by atoms with E-state index in [1.165, 1.54) is 13.0 Å². The molecule has 0 saturated heterocycles. The van der Waals surface area contributed by atoms with Crippen molar-refractivity contribution in [3.05, 3.63) is 65.2 Å². The Labute approximate surface area is 242 Å². The highest BCUT2D eigenvalue weighted by Gasteiger charge is 2.43. The SMILES string of the molecule is CC.CC(=O)Nc1ccc2c(c1)C1CCCC1C(C(=O)O)N2.O=C(O)C1Nc2cc(C(F)(F)F)ccc2C2C=CCC12. The minimum atomic E-state index is -4.43. The van der Waals surface area contributed by atoms with Crippen LogP contribution in [-0.2, 0) is 20.6 Å². The van der Waals surface area contributed by atoms with Gasteiger partial charge in [-0.25, -0.2) is 9.59 Å². The molecule has 1 fully saturated rings. The van der Waals surface area contributed by atoms with Gasteiger partial charge >= 0.3 is 18.1 Å². The minimum absolute atomic E-state index is 0.0971. The lowest BCUT2D eigenvalue weighted by atomic mass is 9.79. The maximum absolute atomic E-state index is 12.7. The summed E-state index contributed by atoms with van der Waals surface area (Å²) < 4.78 is 38.2. The first-order valence-electron chi connectivity index (χ1n) is 14.2. The van der Waals surface area contributed by atoms with Gasteiger partial charge in [-0.1, -0.05) is 38.5 Å². The molecule has 4 aliphatic rings. The first kappa shape index (κ1) is 30.9. The second-order valence-corrected chi connectivity index (χ2v) is 10.8. The number of alkyl halides is 3. The Kier molecular flexibility index (Phi) is 9.18. The molecule has 2 heterocycles. The molecule has 0 bridgehead atoms. The minimum Gasteiger partial charge on any atom is -0.480 e. The number of carboxylic acids is 2. The third-order valence-corrected chi connectivity index (χ3v) is 8.30. The van der Waals surface area contributed by atoms with Gasteiger partial charge in [-0.3, -0.25) is 4.79 Å². The molecule has 226 valence electrons. The number of allylic oxidation sites excluding steroid dienone is 2. The molecule has 0 spiro atoms. The van der Waals surface area contributed by atoms with Gasteiger partial charge in [-0.05, 0) is 72.6 Å². The molecule has 6 atom stereocenters. The fourth-order valence-corrected chi connectivity index (χ4v) is 6.59. The predicted molar refractivity (Wildman–Crippen MR) is 154 cm³/mol. The van der Waals surface area contributed by atoms with E-state index < -0.39 is 35.8 Å². The number of aliphatic carboxylic acids is 2. The number of halogens is 3. The van der Waals surface area contributed by atoms with Crippen molar-refractivity contribution in [2.24, 2.45) is 11.8 Å². The second kappa shape index (κ2) is 12.5. The Morgan fingerprint density at radius 3 is 2.19 bits per heavy atom. The van der Waals surface area contributed by atoms with Crippen LogP contribution in [0, 0.1) is 11.8 Å². The molecule has 2 aliphatic carbocycles. The lowest BCUT2D eigenvalue weighted by molar-refractivity contribution is -0.140. The molecule has 5 N–H and O–H groups in total. The number of amides is 1. The van der Waals surface area contributed by atoms with Crippen LogP contribution in [0.1, 0.15) is 75.0 Å². The Balaban J connectivity index is 0.000000182. The van der Waals surface area contributed by atoms with Crippen molar-refractivity contribution in [3.8, 4) is 0 Å². The van der Waals surface area contributed by atoms with Crippen molar-refractivity contribution in [3.63, 3.8) is 0 Å². The molecule has 1 saturated carbocycles. The summed E-state index contributed by atoms with van der Waals surface area (Å²) in [4.78, 5) is 33.8. The predicted octanol–water partition coefficient (Wildman–Crippen LogP) is 6.68. The number of benzene rings is 2. The van der Waals surface area contributed by atoms with Crippen LogP contribution >= 0.6 is 0 Å². The molecule has 42 heavy (non-hydrogen) atoms. The van der Waals surface area contributed by atoms with Crippen molar-refractivity contribution in [2.45, 2.75) is 76.6 Å². The molecule has 6 unspecified atom stereocenters. The van der Waals surface area contributed by atoms with Crippen molar-refractivity contribution < 1.29 is 37.8 Å². The smallest absolute Gasteiger partial charge is 0.416 e. The quantitative estimate of drug-likeness (QED) is 0.254. The number of hydrogen-bond acceptors (Lipinski definition) is 5. The molecule has 0 aromatic heterocycles. The second-order valence-electron chi connectivity index (χ2n) is 10.8. The van der Waals surface area contributed by atoms with Crippen LogP contribution in [0.3, 0.4) is 0 Å². The number of rotatable bonds is 3. The number of fused-ring (bicyclic) bond motifs is 6. The van der Waals surface area contributed by atoms with Gasteiger partial charge in [0.05, 0.1) is 5.56 Å². The number of nitrogens with one attached hydrogen (secondary N) is 3. The normalized spacial score (nSPS) is 26.2. The zero-order valence-electron chi connectivity index (χ0n) is 23.7.